The maximum absolute atomic E-state index is 12.1. The molecule has 0 aliphatic carbocycles. The molecule has 0 spiro atoms. The van der Waals surface area contributed by atoms with E-state index in [1.165, 1.54) is 0 Å². The Balaban J connectivity index is 1.97. The lowest BCUT2D eigenvalue weighted by molar-refractivity contribution is -0.141. The average molecular weight is 301 g/mol. The number of nitrogens with one attached hydrogen (secondary N) is 1. The van der Waals surface area contributed by atoms with E-state index in [0.717, 1.165) is 5.56 Å². The van der Waals surface area contributed by atoms with Crippen molar-refractivity contribution in [1.29, 1.82) is 0 Å². The normalized spacial score (nSPS) is 13.4. The first-order chi connectivity index (χ1) is 10.5. The largest absolute Gasteiger partial charge is 0.481 e. The standard InChI is InChI=1S/C16H19N3O3/c1-11(16(21)22)12(2)18-15(20)14-6-4-13(5-7-14)10-19-9-3-8-17-19/h3-9,11-12H,10H2,1-2H3,(H,18,20)(H,21,22). The molecule has 2 aromatic rings. The number of aliphatic carboxylic acids is 1. The third-order valence-electron chi connectivity index (χ3n) is 3.62. The van der Waals surface area contributed by atoms with Gasteiger partial charge in [-0.25, -0.2) is 0 Å². The topological polar surface area (TPSA) is 84.2 Å². The molecule has 0 aliphatic rings. The minimum Gasteiger partial charge on any atom is -0.481 e. The summed E-state index contributed by atoms with van der Waals surface area (Å²) in [7, 11) is 0. The van der Waals surface area contributed by atoms with Gasteiger partial charge in [0, 0.05) is 24.0 Å². The van der Waals surface area contributed by atoms with Crippen molar-refractivity contribution in [3.05, 3.63) is 53.9 Å². The van der Waals surface area contributed by atoms with Crippen molar-refractivity contribution in [2.75, 3.05) is 0 Å². The van der Waals surface area contributed by atoms with E-state index in [4.69, 9.17) is 5.11 Å². The summed E-state index contributed by atoms with van der Waals surface area (Å²) in [5.41, 5.74) is 1.54. The fourth-order valence-corrected chi connectivity index (χ4v) is 1.97. The lowest BCUT2D eigenvalue weighted by atomic mass is 10.0. The summed E-state index contributed by atoms with van der Waals surface area (Å²) in [6.45, 7) is 3.89. The van der Waals surface area contributed by atoms with Crippen LogP contribution in [0.25, 0.3) is 0 Å². The summed E-state index contributed by atoms with van der Waals surface area (Å²) in [5.74, 6) is -1.84. The van der Waals surface area contributed by atoms with Crippen molar-refractivity contribution in [2.24, 2.45) is 5.92 Å². The quantitative estimate of drug-likeness (QED) is 0.851. The number of rotatable bonds is 6. The molecular formula is C16H19N3O3. The summed E-state index contributed by atoms with van der Waals surface area (Å²) in [5, 5.41) is 15.8. The monoisotopic (exact) mass is 301 g/mol. The van der Waals surface area contributed by atoms with Gasteiger partial charge in [0.25, 0.3) is 5.91 Å². The maximum Gasteiger partial charge on any atom is 0.308 e. The Morgan fingerprint density at radius 2 is 1.95 bits per heavy atom. The van der Waals surface area contributed by atoms with Gasteiger partial charge in [0.2, 0.25) is 0 Å². The highest BCUT2D eigenvalue weighted by Gasteiger charge is 2.21. The molecule has 1 amide bonds. The molecule has 1 aromatic carbocycles. The predicted octanol–water partition coefficient (Wildman–Crippen LogP) is 1.77. The fraction of sp³-hybridized carbons (Fsp3) is 0.312. The van der Waals surface area contributed by atoms with Crippen LogP contribution in [0.15, 0.2) is 42.7 Å². The Labute approximate surface area is 128 Å². The summed E-state index contributed by atoms with van der Waals surface area (Å²) in [6.07, 6.45) is 3.59. The van der Waals surface area contributed by atoms with Gasteiger partial charge in [-0.15, -0.1) is 0 Å². The molecule has 0 fully saturated rings. The highest BCUT2D eigenvalue weighted by Crippen LogP contribution is 2.08. The van der Waals surface area contributed by atoms with Crippen LogP contribution >= 0.6 is 0 Å². The molecule has 2 atom stereocenters. The third kappa shape index (κ3) is 3.94. The SMILES string of the molecule is CC(NC(=O)c1ccc(Cn2cccn2)cc1)C(C)C(=O)O. The Bertz CT molecular complexity index is 635. The molecule has 116 valence electrons. The van der Waals surface area contributed by atoms with E-state index in [1.807, 2.05) is 24.4 Å². The van der Waals surface area contributed by atoms with E-state index in [9.17, 15) is 9.59 Å². The van der Waals surface area contributed by atoms with Crippen LogP contribution in [0.1, 0.15) is 29.8 Å². The van der Waals surface area contributed by atoms with E-state index in [2.05, 4.69) is 10.4 Å². The van der Waals surface area contributed by atoms with Crippen LogP contribution in [-0.4, -0.2) is 32.8 Å². The number of carboxylic acids is 1. The van der Waals surface area contributed by atoms with Crippen molar-refractivity contribution >= 4 is 11.9 Å². The number of carbonyl (C=O) groups excluding carboxylic acids is 1. The van der Waals surface area contributed by atoms with Gasteiger partial charge >= 0.3 is 5.97 Å². The molecule has 2 N–H and O–H groups in total. The van der Waals surface area contributed by atoms with Crippen LogP contribution in [0.5, 0.6) is 0 Å². The Kier molecular flexibility index (Phi) is 4.93. The second-order valence-corrected chi connectivity index (χ2v) is 5.29. The van der Waals surface area contributed by atoms with Crippen LogP contribution in [0, 0.1) is 5.92 Å². The first-order valence-corrected chi connectivity index (χ1v) is 7.07. The number of hydrogen-bond donors (Lipinski definition) is 2. The molecule has 0 aliphatic heterocycles. The summed E-state index contributed by atoms with van der Waals surface area (Å²) in [4.78, 5) is 23.0. The maximum atomic E-state index is 12.1. The first-order valence-electron chi connectivity index (χ1n) is 7.07. The zero-order valence-electron chi connectivity index (χ0n) is 12.6. The first kappa shape index (κ1) is 15.8. The molecule has 0 saturated carbocycles. The Morgan fingerprint density at radius 3 is 2.50 bits per heavy atom. The molecule has 6 nitrogen and oxygen atoms in total. The highest BCUT2D eigenvalue weighted by molar-refractivity contribution is 5.94. The molecule has 0 radical (unpaired) electrons. The Morgan fingerprint density at radius 1 is 1.27 bits per heavy atom. The number of aromatic nitrogens is 2. The second kappa shape index (κ2) is 6.89. The number of carbonyl (C=O) groups is 2. The van der Waals surface area contributed by atoms with E-state index < -0.39 is 17.9 Å². The van der Waals surface area contributed by atoms with Crippen molar-refractivity contribution < 1.29 is 14.7 Å². The van der Waals surface area contributed by atoms with Crippen molar-refractivity contribution in [3.8, 4) is 0 Å². The van der Waals surface area contributed by atoms with Crippen molar-refractivity contribution in [3.63, 3.8) is 0 Å². The van der Waals surface area contributed by atoms with Crippen LogP contribution in [0.4, 0.5) is 0 Å². The zero-order chi connectivity index (χ0) is 16.1. The summed E-state index contributed by atoms with van der Waals surface area (Å²) in [6, 6.07) is 8.60. The van der Waals surface area contributed by atoms with Crippen molar-refractivity contribution in [1.82, 2.24) is 15.1 Å². The van der Waals surface area contributed by atoms with Gasteiger partial charge in [0.15, 0.2) is 0 Å². The van der Waals surface area contributed by atoms with Gasteiger partial charge in [-0.3, -0.25) is 14.3 Å². The number of hydrogen-bond acceptors (Lipinski definition) is 3. The minimum atomic E-state index is -0.928. The van der Waals surface area contributed by atoms with Crippen LogP contribution in [-0.2, 0) is 11.3 Å². The van der Waals surface area contributed by atoms with Crippen LogP contribution < -0.4 is 5.32 Å². The van der Waals surface area contributed by atoms with Gasteiger partial charge in [-0.2, -0.15) is 5.10 Å². The van der Waals surface area contributed by atoms with Crippen LogP contribution in [0.3, 0.4) is 0 Å². The Hall–Kier alpha value is -2.63. The van der Waals surface area contributed by atoms with Crippen LogP contribution in [0.2, 0.25) is 0 Å². The van der Waals surface area contributed by atoms with Gasteiger partial charge in [-0.05, 0) is 37.6 Å². The predicted molar refractivity (Wildman–Crippen MR) is 81.5 cm³/mol. The molecule has 0 bridgehead atoms. The van der Waals surface area contributed by atoms with Gasteiger partial charge in [-0.1, -0.05) is 12.1 Å². The lowest BCUT2D eigenvalue weighted by Crippen LogP contribution is -2.40. The van der Waals surface area contributed by atoms with E-state index in [-0.39, 0.29) is 5.91 Å². The molecule has 1 aromatic heterocycles. The molecule has 22 heavy (non-hydrogen) atoms. The number of amides is 1. The molecule has 2 rings (SSSR count). The smallest absolute Gasteiger partial charge is 0.308 e. The third-order valence-corrected chi connectivity index (χ3v) is 3.62. The molecule has 0 saturated heterocycles. The van der Waals surface area contributed by atoms with E-state index in [0.29, 0.717) is 12.1 Å². The highest BCUT2D eigenvalue weighted by atomic mass is 16.4. The van der Waals surface area contributed by atoms with Crippen molar-refractivity contribution in [2.45, 2.75) is 26.4 Å². The molecule has 6 heteroatoms. The average Bonchev–Trinajstić information content (AvgIpc) is 2.99. The number of benzene rings is 1. The summed E-state index contributed by atoms with van der Waals surface area (Å²) >= 11 is 0. The summed E-state index contributed by atoms with van der Waals surface area (Å²) < 4.78 is 1.80. The lowest BCUT2D eigenvalue weighted by Gasteiger charge is -2.17. The second-order valence-electron chi connectivity index (χ2n) is 5.29. The number of nitrogens with zero attached hydrogens (tertiary/aromatic N) is 2. The van der Waals surface area contributed by atoms with Gasteiger partial charge in [0.05, 0.1) is 12.5 Å². The van der Waals surface area contributed by atoms with E-state index >= 15 is 0 Å². The fourth-order valence-electron chi connectivity index (χ4n) is 1.97. The zero-order valence-corrected chi connectivity index (χ0v) is 12.6. The molecule has 2 unspecified atom stereocenters. The number of carboxylic acid groups (broad SMARTS) is 1. The molecular weight excluding hydrogens is 282 g/mol. The van der Waals surface area contributed by atoms with E-state index in [1.54, 1.807) is 36.9 Å². The van der Waals surface area contributed by atoms with Gasteiger partial charge < -0.3 is 10.4 Å². The molecule has 1 heterocycles. The van der Waals surface area contributed by atoms with Gasteiger partial charge in [0.1, 0.15) is 0 Å². The minimum absolute atomic E-state index is 0.272.